The summed E-state index contributed by atoms with van der Waals surface area (Å²) in [6.07, 6.45) is 3.08. The Morgan fingerprint density at radius 3 is 1.64 bits per heavy atom. The molecule has 0 aliphatic carbocycles. The average molecular weight is 696 g/mol. The Hall–Kier alpha value is -1.17. The van der Waals surface area contributed by atoms with Gasteiger partial charge >= 0.3 is 11.9 Å². The van der Waals surface area contributed by atoms with E-state index in [1.165, 1.54) is 0 Å². The van der Waals surface area contributed by atoms with Crippen LogP contribution < -0.4 is 5.01 Å². The molecule has 0 saturated carbocycles. The molecule has 3 aromatic rings. The summed E-state index contributed by atoms with van der Waals surface area (Å²) in [6, 6.07) is 8.42. The number of carboxylic acid groups (broad SMARTS) is 2. The van der Waals surface area contributed by atoms with Gasteiger partial charge in [0.1, 0.15) is 0 Å². The molecule has 0 unspecified atom stereocenters. The minimum absolute atomic E-state index is 0. The van der Waals surface area contributed by atoms with Crippen LogP contribution in [-0.4, -0.2) is 193 Å². The first kappa shape index (κ1) is 43.8. The van der Waals surface area contributed by atoms with Gasteiger partial charge in [0.25, 0.3) is 26.1 Å². The molecule has 1 aliphatic heterocycles. The van der Waals surface area contributed by atoms with Crippen molar-refractivity contribution in [1.29, 1.82) is 0 Å². The Morgan fingerprint density at radius 2 is 1.22 bits per heavy atom. The maximum atomic E-state index is 12.9. The first-order chi connectivity index (χ1) is 19.1. The van der Waals surface area contributed by atoms with Crippen molar-refractivity contribution in [3.8, 4) is 11.6 Å². The number of aromatic hydroxyl groups is 1. The molecule has 4 rings (SSSR count). The van der Waals surface area contributed by atoms with E-state index in [0.717, 1.165) is 71.4 Å². The van der Waals surface area contributed by atoms with Gasteiger partial charge in [-0.1, -0.05) is 6.08 Å². The van der Waals surface area contributed by atoms with Gasteiger partial charge in [0, 0.05) is 118 Å². The molecule has 16 nitrogen and oxygen atoms in total. The van der Waals surface area contributed by atoms with E-state index in [1.54, 1.807) is 0 Å². The molecule has 0 saturated heterocycles. The Labute approximate surface area is 343 Å². The summed E-state index contributed by atoms with van der Waals surface area (Å²) in [5, 5.41) is 37.9. The van der Waals surface area contributed by atoms with Gasteiger partial charge in [0.2, 0.25) is 5.88 Å². The average Bonchev–Trinajstić information content (AvgIpc) is 3.40. The molecule has 22 heteroatoms. The number of anilines is 1. The number of rotatable bonds is 8. The number of amides is 1. The Kier molecular flexibility index (Phi) is 16.8. The molecular formula is C23H16N4Na4O12S2. The molecule has 5 N–H and O–H groups in total. The van der Waals surface area contributed by atoms with Gasteiger partial charge in [-0.25, -0.2) is 9.59 Å². The molecule has 4 radical (unpaired) electrons. The molecule has 0 spiro atoms. The molecule has 1 amide bonds. The van der Waals surface area contributed by atoms with Gasteiger partial charge < -0.3 is 15.3 Å². The van der Waals surface area contributed by atoms with E-state index in [2.05, 4.69) is 10.2 Å². The zero-order chi connectivity index (χ0) is 30.3. The van der Waals surface area contributed by atoms with Crippen LogP contribution in [0.4, 0.5) is 5.69 Å². The minimum atomic E-state index is -4.52. The van der Waals surface area contributed by atoms with Crippen LogP contribution in [0.15, 0.2) is 81.1 Å². The topological polar surface area (TPSA) is 254 Å². The predicted molar refractivity (Wildman–Crippen MR) is 161 cm³/mol. The molecule has 216 valence electrons. The summed E-state index contributed by atoms with van der Waals surface area (Å²) in [7, 11) is -9.04. The minimum Gasteiger partial charge on any atom is -0.493 e. The smallest absolute Gasteiger partial charge is 0.357 e. The number of aliphatic carboxylic acids is 1. The van der Waals surface area contributed by atoms with Crippen LogP contribution in [0.1, 0.15) is 16.1 Å². The van der Waals surface area contributed by atoms with E-state index in [4.69, 9.17) is 9.11 Å². The standard InChI is InChI=1S/C23H16N4O12S2.4Na/c28-20-16(18(22(30)31)24-26(20)12-4-8-14(9-5-12)40(34,35)36)2-1-3-17-19(23(32)33)25-27(21(17)29)13-6-10-15(11-7-13)41(37,38)39;;;;/h1-11,28H,(H,30,31)(H,32,33)(H,34,35,36)(H,37,38,39);;;;. The Bertz CT molecular complexity index is 1920. The number of allylic oxidation sites excluding steroid dienone is 2. The molecule has 2 aromatic carbocycles. The third-order valence-corrected chi connectivity index (χ3v) is 7.20. The molecule has 1 aliphatic rings. The number of nitrogens with zero attached hydrogens (tertiary/aromatic N) is 4. The maximum Gasteiger partial charge on any atom is 0.357 e. The van der Waals surface area contributed by atoms with E-state index < -0.39 is 70.7 Å². The quantitative estimate of drug-likeness (QED) is 0.115. The number of carbonyl (C=O) groups is 3. The third-order valence-electron chi connectivity index (χ3n) is 5.46. The van der Waals surface area contributed by atoms with Crippen molar-refractivity contribution in [3.05, 3.63) is 77.5 Å². The second-order valence-electron chi connectivity index (χ2n) is 8.05. The summed E-state index contributed by atoms with van der Waals surface area (Å²) < 4.78 is 64.0. The Morgan fingerprint density at radius 1 is 0.756 bits per heavy atom. The first-order valence-corrected chi connectivity index (χ1v) is 13.7. The van der Waals surface area contributed by atoms with Crippen LogP contribution in [0, 0.1) is 0 Å². The molecule has 0 atom stereocenters. The van der Waals surface area contributed by atoms with Crippen LogP contribution in [0.5, 0.6) is 5.88 Å². The number of hydrogen-bond donors (Lipinski definition) is 5. The number of hydrazone groups is 1. The van der Waals surface area contributed by atoms with Gasteiger partial charge in [0.15, 0.2) is 11.4 Å². The van der Waals surface area contributed by atoms with Crippen LogP contribution in [0.25, 0.3) is 11.8 Å². The zero-order valence-electron chi connectivity index (χ0n) is 24.1. The third kappa shape index (κ3) is 9.92. The first-order valence-electron chi connectivity index (χ1n) is 10.9. The zero-order valence-corrected chi connectivity index (χ0v) is 33.7. The van der Waals surface area contributed by atoms with Crippen LogP contribution >= 0.6 is 0 Å². The fourth-order valence-corrected chi connectivity index (χ4v) is 4.53. The summed E-state index contributed by atoms with van der Waals surface area (Å²) >= 11 is 0. The largest absolute Gasteiger partial charge is 0.493 e. The van der Waals surface area contributed by atoms with Crippen molar-refractivity contribution in [1.82, 2.24) is 9.78 Å². The molecular weight excluding hydrogens is 680 g/mol. The van der Waals surface area contributed by atoms with Crippen molar-refractivity contribution in [2.45, 2.75) is 9.79 Å². The van der Waals surface area contributed by atoms with E-state index >= 15 is 0 Å². The number of aromatic nitrogens is 2. The number of hydrogen-bond acceptors (Lipinski definition) is 10. The van der Waals surface area contributed by atoms with E-state index in [0.29, 0.717) is 5.01 Å². The predicted octanol–water partition coefficient (Wildman–Crippen LogP) is -0.327. The summed E-state index contributed by atoms with van der Waals surface area (Å²) in [5.41, 5.74) is -2.16. The number of aromatic carboxylic acids is 1. The SMILES string of the molecule is O=C(O)C1=NN(c2ccc(S(=O)(=O)O)cc2)C(=O)C1=CC=Cc1c(C(=O)O)nn(-c2ccc(S(=O)(=O)O)cc2)c1O.[Na].[Na].[Na].[Na]. The molecule has 2 heterocycles. The van der Waals surface area contributed by atoms with Crippen LogP contribution in [-0.2, 0) is 29.8 Å². The van der Waals surface area contributed by atoms with Crippen molar-refractivity contribution < 1.29 is 55.6 Å². The van der Waals surface area contributed by atoms with Gasteiger partial charge in [-0.15, -0.1) is 0 Å². The summed E-state index contributed by atoms with van der Waals surface area (Å²) in [6.45, 7) is 0. The Balaban J connectivity index is 0.00000484. The summed E-state index contributed by atoms with van der Waals surface area (Å²) in [5.74, 6) is -4.80. The normalized spacial score (nSPS) is 13.7. The van der Waals surface area contributed by atoms with Crippen molar-refractivity contribution in [2.24, 2.45) is 5.10 Å². The van der Waals surface area contributed by atoms with Gasteiger partial charge in [-0.2, -0.15) is 36.7 Å². The van der Waals surface area contributed by atoms with Crippen molar-refractivity contribution in [3.63, 3.8) is 0 Å². The number of carboxylic acids is 2. The van der Waals surface area contributed by atoms with Gasteiger partial charge in [0.05, 0.1) is 32.3 Å². The maximum absolute atomic E-state index is 12.9. The number of benzene rings is 2. The van der Waals surface area contributed by atoms with Gasteiger partial charge in [-0.3, -0.25) is 13.9 Å². The van der Waals surface area contributed by atoms with Crippen LogP contribution in [0.3, 0.4) is 0 Å². The number of carbonyl (C=O) groups excluding carboxylic acids is 1. The molecule has 0 bridgehead atoms. The molecule has 0 fully saturated rings. The molecule has 45 heavy (non-hydrogen) atoms. The van der Waals surface area contributed by atoms with Gasteiger partial charge in [-0.05, 0) is 60.7 Å². The van der Waals surface area contributed by atoms with Crippen LogP contribution in [0.2, 0.25) is 0 Å². The van der Waals surface area contributed by atoms with E-state index in [1.807, 2.05) is 0 Å². The van der Waals surface area contributed by atoms with Crippen molar-refractivity contribution >= 4 is 174 Å². The molecule has 1 aromatic heterocycles. The fourth-order valence-electron chi connectivity index (χ4n) is 3.57. The monoisotopic (exact) mass is 696 g/mol. The second-order valence-corrected chi connectivity index (χ2v) is 10.9. The van der Waals surface area contributed by atoms with E-state index in [9.17, 15) is 46.5 Å². The second kappa shape index (κ2) is 17.3. The van der Waals surface area contributed by atoms with E-state index in [-0.39, 0.29) is 135 Å². The fraction of sp³-hybridized carbons (Fsp3) is 0. The summed E-state index contributed by atoms with van der Waals surface area (Å²) in [4.78, 5) is 35.5. The van der Waals surface area contributed by atoms with Crippen molar-refractivity contribution in [2.75, 3.05) is 5.01 Å².